The first kappa shape index (κ1) is 18.6. The standard InChI is InChI=1S/C15H16F6N2O/c16-14(17,18)11-5-10(6-12(7-11)15(19,20)21)13(24)23-4-2-9-1-3-22-8-9/h5-7,9,22H,1-4,8H2,(H,23,24). The van der Waals surface area contributed by atoms with Gasteiger partial charge in [0.1, 0.15) is 0 Å². The number of hydrogen-bond acceptors (Lipinski definition) is 2. The van der Waals surface area contributed by atoms with Gasteiger partial charge in [-0.2, -0.15) is 26.3 Å². The predicted octanol–water partition coefficient (Wildman–Crippen LogP) is 3.45. The average molecular weight is 354 g/mol. The highest BCUT2D eigenvalue weighted by atomic mass is 19.4. The van der Waals surface area contributed by atoms with Crippen LogP contribution in [0.25, 0.3) is 0 Å². The molecule has 3 nitrogen and oxygen atoms in total. The first-order chi connectivity index (χ1) is 11.1. The summed E-state index contributed by atoms with van der Waals surface area (Å²) in [7, 11) is 0. The van der Waals surface area contributed by atoms with Gasteiger partial charge in [0.25, 0.3) is 5.91 Å². The maximum Gasteiger partial charge on any atom is 0.416 e. The highest BCUT2D eigenvalue weighted by Gasteiger charge is 2.37. The lowest BCUT2D eigenvalue weighted by atomic mass is 10.0. The van der Waals surface area contributed by atoms with E-state index in [1.807, 2.05) is 0 Å². The summed E-state index contributed by atoms with van der Waals surface area (Å²) >= 11 is 0. The molecule has 24 heavy (non-hydrogen) atoms. The molecule has 1 atom stereocenters. The number of amides is 1. The largest absolute Gasteiger partial charge is 0.416 e. The molecule has 1 aliphatic heterocycles. The number of carbonyl (C=O) groups excluding carboxylic acids is 1. The number of rotatable bonds is 4. The Hall–Kier alpha value is -1.77. The van der Waals surface area contributed by atoms with Crippen LogP contribution in [0.1, 0.15) is 34.3 Å². The molecule has 1 heterocycles. The normalized spacial score (nSPS) is 18.7. The summed E-state index contributed by atoms with van der Waals surface area (Å²) in [6, 6.07) is 0.865. The topological polar surface area (TPSA) is 41.1 Å². The molecule has 1 aromatic carbocycles. The van der Waals surface area contributed by atoms with Gasteiger partial charge in [0.2, 0.25) is 0 Å². The van der Waals surface area contributed by atoms with E-state index in [1.54, 1.807) is 0 Å². The zero-order chi connectivity index (χ0) is 18.0. The van der Waals surface area contributed by atoms with Gasteiger partial charge >= 0.3 is 12.4 Å². The van der Waals surface area contributed by atoms with Crippen LogP contribution < -0.4 is 10.6 Å². The Morgan fingerprint density at radius 3 is 2.12 bits per heavy atom. The summed E-state index contributed by atoms with van der Waals surface area (Å²) in [4.78, 5) is 11.9. The van der Waals surface area contributed by atoms with Crippen molar-refractivity contribution in [1.82, 2.24) is 10.6 Å². The molecule has 2 rings (SSSR count). The minimum absolute atomic E-state index is 0.000969. The van der Waals surface area contributed by atoms with E-state index >= 15 is 0 Å². The van der Waals surface area contributed by atoms with Gasteiger partial charge in [0.15, 0.2) is 0 Å². The van der Waals surface area contributed by atoms with Gasteiger partial charge in [0.05, 0.1) is 11.1 Å². The smallest absolute Gasteiger partial charge is 0.352 e. The van der Waals surface area contributed by atoms with Crippen LogP contribution in [0.15, 0.2) is 18.2 Å². The molecular weight excluding hydrogens is 338 g/mol. The number of alkyl halides is 6. The number of benzene rings is 1. The van der Waals surface area contributed by atoms with Crippen molar-refractivity contribution in [2.24, 2.45) is 5.92 Å². The molecular formula is C15H16F6N2O. The van der Waals surface area contributed by atoms with Crippen molar-refractivity contribution < 1.29 is 31.1 Å². The molecule has 1 saturated heterocycles. The Labute approximate surface area is 134 Å². The quantitative estimate of drug-likeness (QED) is 0.814. The van der Waals surface area contributed by atoms with Gasteiger partial charge in [-0.3, -0.25) is 4.79 Å². The maximum absolute atomic E-state index is 12.7. The van der Waals surface area contributed by atoms with E-state index in [-0.39, 0.29) is 12.6 Å². The van der Waals surface area contributed by atoms with Gasteiger partial charge in [-0.25, -0.2) is 0 Å². The van der Waals surface area contributed by atoms with Crippen LogP contribution >= 0.6 is 0 Å². The van der Waals surface area contributed by atoms with Crippen LogP contribution in [0.4, 0.5) is 26.3 Å². The second kappa shape index (κ2) is 7.00. The van der Waals surface area contributed by atoms with Crippen molar-refractivity contribution in [3.8, 4) is 0 Å². The summed E-state index contributed by atoms with van der Waals surface area (Å²) in [5.41, 5.74) is -3.65. The fourth-order valence-electron chi connectivity index (χ4n) is 2.54. The number of nitrogens with one attached hydrogen (secondary N) is 2. The van der Waals surface area contributed by atoms with E-state index in [1.165, 1.54) is 0 Å². The van der Waals surface area contributed by atoms with Crippen molar-refractivity contribution in [3.05, 3.63) is 34.9 Å². The Balaban J connectivity index is 2.13. The van der Waals surface area contributed by atoms with Gasteiger partial charge in [-0.15, -0.1) is 0 Å². The van der Waals surface area contributed by atoms with Crippen molar-refractivity contribution in [3.63, 3.8) is 0 Å². The zero-order valence-corrected chi connectivity index (χ0v) is 12.5. The average Bonchev–Trinajstić information content (AvgIpc) is 2.98. The van der Waals surface area contributed by atoms with E-state index in [9.17, 15) is 31.1 Å². The van der Waals surface area contributed by atoms with Crippen molar-refractivity contribution in [1.29, 1.82) is 0 Å². The first-order valence-electron chi connectivity index (χ1n) is 7.36. The highest BCUT2D eigenvalue weighted by Crippen LogP contribution is 2.36. The number of halogens is 6. The molecule has 1 aliphatic rings. The van der Waals surface area contributed by atoms with Crippen LogP contribution in [0.3, 0.4) is 0 Å². The molecule has 1 aromatic rings. The molecule has 0 saturated carbocycles. The molecule has 0 aliphatic carbocycles. The van der Waals surface area contributed by atoms with Gasteiger partial charge in [-0.05, 0) is 50.0 Å². The highest BCUT2D eigenvalue weighted by molar-refractivity contribution is 5.94. The summed E-state index contributed by atoms with van der Waals surface area (Å²) in [6.45, 7) is 1.85. The molecule has 1 unspecified atom stereocenters. The monoisotopic (exact) mass is 354 g/mol. The SMILES string of the molecule is O=C(NCCC1CCNC1)c1cc(C(F)(F)F)cc(C(F)(F)F)c1. The van der Waals surface area contributed by atoms with E-state index in [2.05, 4.69) is 10.6 Å². The Morgan fingerprint density at radius 1 is 1.08 bits per heavy atom. The molecule has 0 spiro atoms. The molecule has 0 radical (unpaired) electrons. The molecule has 134 valence electrons. The minimum Gasteiger partial charge on any atom is -0.352 e. The minimum atomic E-state index is -4.97. The molecule has 2 N–H and O–H groups in total. The van der Waals surface area contributed by atoms with Crippen molar-refractivity contribution >= 4 is 5.91 Å². The fraction of sp³-hybridized carbons (Fsp3) is 0.533. The third-order valence-corrected chi connectivity index (χ3v) is 3.85. The Bertz CT molecular complexity index is 558. The second-order valence-corrected chi connectivity index (χ2v) is 5.70. The van der Waals surface area contributed by atoms with Crippen LogP contribution in [-0.4, -0.2) is 25.5 Å². The molecule has 0 aromatic heterocycles. The molecule has 0 bridgehead atoms. The lowest BCUT2D eigenvalue weighted by Crippen LogP contribution is -2.27. The van der Waals surface area contributed by atoms with Crippen LogP contribution in [0.5, 0.6) is 0 Å². The molecule has 9 heteroatoms. The fourth-order valence-corrected chi connectivity index (χ4v) is 2.54. The maximum atomic E-state index is 12.7. The van der Waals surface area contributed by atoms with Crippen LogP contribution in [-0.2, 0) is 12.4 Å². The first-order valence-corrected chi connectivity index (χ1v) is 7.36. The van der Waals surface area contributed by atoms with Crippen LogP contribution in [0.2, 0.25) is 0 Å². The third kappa shape index (κ3) is 4.86. The lowest BCUT2D eigenvalue weighted by Gasteiger charge is -2.14. The van der Waals surface area contributed by atoms with E-state index in [4.69, 9.17) is 0 Å². The predicted molar refractivity (Wildman–Crippen MR) is 74.4 cm³/mol. The van der Waals surface area contributed by atoms with E-state index < -0.39 is 35.0 Å². The number of carbonyl (C=O) groups is 1. The zero-order valence-electron chi connectivity index (χ0n) is 12.5. The van der Waals surface area contributed by atoms with Crippen molar-refractivity contribution in [2.45, 2.75) is 25.2 Å². The summed E-state index contributed by atoms with van der Waals surface area (Å²) in [5, 5.41) is 5.51. The molecule has 1 amide bonds. The molecule has 1 fully saturated rings. The van der Waals surface area contributed by atoms with Gasteiger partial charge in [-0.1, -0.05) is 0 Å². The summed E-state index contributed by atoms with van der Waals surface area (Å²) in [5.74, 6) is -0.602. The Morgan fingerprint density at radius 2 is 1.67 bits per heavy atom. The van der Waals surface area contributed by atoms with Crippen molar-refractivity contribution in [2.75, 3.05) is 19.6 Å². The van der Waals surface area contributed by atoms with Gasteiger partial charge in [0, 0.05) is 12.1 Å². The third-order valence-electron chi connectivity index (χ3n) is 3.85. The second-order valence-electron chi connectivity index (χ2n) is 5.70. The summed E-state index contributed by atoms with van der Waals surface area (Å²) < 4.78 is 76.5. The van der Waals surface area contributed by atoms with Gasteiger partial charge < -0.3 is 10.6 Å². The van der Waals surface area contributed by atoms with E-state index in [0.29, 0.717) is 24.5 Å². The number of hydrogen-bond donors (Lipinski definition) is 2. The van der Waals surface area contributed by atoms with Crippen LogP contribution in [0, 0.1) is 5.92 Å². The lowest BCUT2D eigenvalue weighted by molar-refractivity contribution is -0.143. The Kier molecular flexibility index (Phi) is 5.42. The summed E-state index contributed by atoms with van der Waals surface area (Å²) in [6.07, 6.45) is -8.39. The van der Waals surface area contributed by atoms with E-state index in [0.717, 1.165) is 19.5 Å².